The number of thiazole rings is 1. The SMILES string of the molecule is CN(C)S(=O)(=O)N1CCc2nc(N(C#N)C(=O)[C@H]3CCNC3)sc2C1. The van der Waals surface area contributed by atoms with Crippen LogP contribution >= 0.6 is 11.3 Å². The average Bonchev–Trinajstić information content (AvgIpc) is 3.24. The molecule has 136 valence electrons. The molecule has 1 aromatic heterocycles. The van der Waals surface area contributed by atoms with Crippen molar-refractivity contribution in [2.75, 3.05) is 38.6 Å². The van der Waals surface area contributed by atoms with Crippen molar-refractivity contribution in [3.63, 3.8) is 0 Å². The lowest BCUT2D eigenvalue weighted by Crippen LogP contribution is -2.42. The van der Waals surface area contributed by atoms with E-state index in [1.54, 1.807) is 0 Å². The monoisotopic (exact) mass is 384 g/mol. The zero-order chi connectivity index (χ0) is 18.2. The van der Waals surface area contributed by atoms with Gasteiger partial charge in [-0.3, -0.25) is 4.79 Å². The summed E-state index contributed by atoms with van der Waals surface area (Å²) in [5.41, 5.74) is 0.766. The van der Waals surface area contributed by atoms with Crippen molar-refractivity contribution in [1.29, 1.82) is 5.26 Å². The number of hydrogen-bond donors (Lipinski definition) is 1. The molecule has 3 heterocycles. The first-order valence-corrected chi connectivity index (χ1v) is 10.2. The van der Waals surface area contributed by atoms with Gasteiger partial charge in [-0.15, -0.1) is 0 Å². The zero-order valence-corrected chi connectivity index (χ0v) is 15.7. The van der Waals surface area contributed by atoms with Gasteiger partial charge in [-0.25, -0.2) is 4.98 Å². The number of amides is 1. The summed E-state index contributed by atoms with van der Waals surface area (Å²) in [6, 6.07) is 0. The van der Waals surface area contributed by atoms with E-state index >= 15 is 0 Å². The minimum absolute atomic E-state index is 0.214. The molecule has 9 nitrogen and oxygen atoms in total. The first-order valence-electron chi connectivity index (χ1n) is 7.95. The summed E-state index contributed by atoms with van der Waals surface area (Å²) in [5, 5.41) is 12.9. The van der Waals surface area contributed by atoms with E-state index in [9.17, 15) is 18.5 Å². The van der Waals surface area contributed by atoms with Gasteiger partial charge in [-0.1, -0.05) is 11.3 Å². The van der Waals surface area contributed by atoms with E-state index in [0.717, 1.165) is 22.0 Å². The molecule has 0 aromatic carbocycles. The lowest BCUT2D eigenvalue weighted by Gasteiger charge is -2.27. The molecule has 2 aliphatic heterocycles. The number of fused-ring (bicyclic) bond motifs is 1. The number of nitrogens with one attached hydrogen (secondary N) is 1. The summed E-state index contributed by atoms with van der Waals surface area (Å²) in [6.45, 7) is 1.88. The van der Waals surface area contributed by atoms with Crippen molar-refractivity contribution in [1.82, 2.24) is 18.9 Å². The van der Waals surface area contributed by atoms with Gasteiger partial charge in [0.2, 0.25) is 11.0 Å². The Kier molecular flexibility index (Phi) is 5.08. The van der Waals surface area contributed by atoms with Gasteiger partial charge in [0.15, 0.2) is 6.19 Å². The molecule has 1 N–H and O–H groups in total. The Hall–Kier alpha value is -1.58. The van der Waals surface area contributed by atoms with Gasteiger partial charge >= 0.3 is 0 Å². The van der Waals surface area contributed by atoms with Crippen LogP contribution in [0.4, 0.5) is 5.13 Å². The van der Waals surface area contributed by atoms with Crippen LogP contribution in [0.15, 0.2) is 0 Å². The minimum Gasteiger partial charge on any atom is -0.316 e. The molecule has 1 amide bonds. The third kappa shape index (κ3) is 3.40. The van der Waals surface area contributed by atoms with Crippen molar-refractivity contribution >= 4 is 32.6 Å². The van der Waals surface area contributed by atoms with Crippen molar-refractivity contribution < 1.29 is 13.2 Å². The fourth-order valence-electron chi connectivity index (χ4n) is 2.92. The van der Waals surface area contributed by atoms with Gasteiger partial charge in [-0.2, -0.15) is 27.2 Å². The molecule has 2 aliphatic rings. The van der Waals surface area contributed by atoms with Crippen LogP contribution in [0.5, 0.6) is 0 Å². The molecule has 0 radical (unpaired) electrons. The first kappa shape index (κ1) is 18.2. The highest BCUT2D eigenvalue weighted by atomic mass is 32.2. The lowest BCUT2D eigenvalue weighted by atomic mass is 10.1. The molecule has 0 spiro atoms. The Morgan fingerprint density at radius 2 is 2.24 bits per heavy atom. The summed E-state index contributed by atoms with van der Waals surface area (Å²) < 4.78 is 27.1. The van der Waals surface area contributed by atoms with E-state index in [0.29, 0.717) is 31.1 Å². The number of nitriles is 1. The second-order valence-electron chi connectivity index (χ2n) is 6.20. The van der Waals surface area contributed by atoms with E-state index in [1.807, 2.05) is 6.19 Å². The molecular formula is C14H20N6O3S2. The number of nitrogens with zero attached hydrogens (tertiary/aromatic N) is 5. The summed E-state index contributed by atoms with van der Waals surface area (Å²) >= 11 is 1.21. The third-order valence-corrected chi connectivity index (χ3v) is 7.35. The molecule has 0 unspecified atom stereocenters. The standard InChI is InChI=1S/C14H20N6O3S2/c1-18(2)25(22,23)19-6-4-11-12(8-19)24-14(17-11)20(9-15)13(21)10-3-5-16-7-10/h10,16H,3-8H2,1-2H3/t10-/m0/s1. The normalized spacial score (nSPS) is 21.1. The molecule has 25 heavy (non-hydrogen) atoms. The van der Waals surface area contributed by atoms with Crippen LogP contribution in [0.3, 0.4) is 0 Å². The van der Waals surface area contributed by atoms with E-state index in [-0.39, 0.29) is 18.4 Å². The maximum absolute atomic E-state index is 12.5. The lowest BCUT2D eigenvalue weighted by molar-refractivity contribution is -0.121. The number of anilines is 1. The minimum atomic E-state index is -3.50. The van der Waals surface area contributed by atoms with Crippen LogP contribution in [0.2, 0.25) is 0 Å². The Bertz CT molecular complexity index is 807. The Labute approximate surface area is 151 Å². The van der Waals surface area contributed by atoms with Crippen LogP contribution < -0.4 is 10.2 Å². The second kappa shape index (κ2) is 6.97. The van der Waals surface area contributed by atoms with E-state index < -0.39 is 10.2 Å². The number of carbonyl (C=O) groups excluding carboxylic acids is 1. The molecule has 3 rings (SSSR count). The fraction of sp³-hybridized carbons (Fsp3) is 0.643. The summed E-state index contributed by atoms with van der Waals surface area (Å²) in [5.74, 6) is -0.470. The van der Waals surface area contributed by atoms with Crippen molar-refractivity contribution in [2.24, 2.45) is 5.92 Å². The highest BCUT2D eigenvalue weighted by Crippen LogP contribution is 2.32. The quantitative estimate of drug-likeness (QED) is 0.565. The molecule has 1 saturated heterocycles. The predicted molar refractivity (Wildman–Crippen MR) is 92.9 cm³/mol. The number of rotatable bonds is 4. The van der Waals surface area contributed by atoms with Gasteiger partial charge < -0.3 is 5.32 Å². The number of hydrogen-bond acceptors (Lipinski definition) is 7. The molecule has 11 heteroatoms. The molecule has 0 saturated carbocycles. The van der Waals surface area contributed by atoms with Crippen molar-refractivity contribution in [3.8, 4) is 6.19 Å². The molecule has 1 atom stereocenters. The largest absolute Gasteiger partial charge is 0.316 e. The molecule has 0 bridgehead atoms. The zero-order valence-electron chi connectivity index (χ0n) is 14.1. The highest BCUT2D eigenvalue weighted by molar-refractivity contribution is 7.86. The maximum atomic E-state index is 12.5. The van der Waals surface area contributed by atoms with E-state index in [4.69, 9.17) is 0 Å². The molecule has 1 aromatic rings. The third-order valence-electron chi connectivity index (χ3n) is 4.39. The van der Waals surface area contributed by atoms with Gasteiger partial charge in [-0.05, 0) is 13.0 Å². The summed E-state index contributed by atoms with van der Waals surface area (Å²) in [6.07, 6.45) is 3.10. The second-order valence-corrected chi connectivity index (χ2v) is 9.41. The van der Waals surface area contributed by atoms with Gasteiger partial charge in [0.25, 0.3) is 10.2 Å². The predicted octanol–water partition coefficient (Wildman–Crippen LogP) is -0.269. The number of aromatic nitrogens is 1. The van der Waals surface area contributed by atoms with Gasteiger partial charge in [0, 0.05) is 38.5 Å². The average molecular weight is 384 g/mol. The first-order chi connectivity index (χ1) is 11.8. The Balaban J connectivity index is 1.82. The van der Waals surface area contributed by atoms with Crippen LogP contribution in [0.1, 0.15) is 17.0 Å². The van der Waals surface area contributed by atoms with Crippen molar-refractivity contribution in [3.05, 3.63) is 10.6 Å². The Morgan fingerprint density at radius 3 is 2.84 bits per heavy atom. The van der Waals surface area contributed by atoms with Crippen LogP contribution in [-0.2, 0) is 28.0 Å². The topological polar surface area (TPSA) is 110 Å². The fourth-order valence-corrected chi connectivity index (χ4v) is 5.16. The smallest absolute Gasteiger partial charge is 0.281 e. The summed E-state index contributed by atoms with van der Waals surface area (Å²) in [7, 11) is -0.507. The van der Waals surface area contributed by atoms with Crippen LogP contribution in [0, 0.1) is 17.4 Å². The van der Waals surface area contributed by atoms with Gasteiger partial charge in [0.1, 0.15) is 0 Å². The Morgan fingerprint density at radius 1 is 1.48 bits per heavy atom. The van der Waals surface area contributed by atoms with E-state index in [2.05, 4.69) is 10.3 Å². The highest BCUT2D eigenvalue weighted by Gasteiger charge is 2.34. The molecule has 1 fully saturated rings. The molecular weight excluding hydrogens is 364 g/mol. The van der Waals surface area contributed by atoms with Crippen LogP contribution in [0.25, 0.3) is 0 Å². The number of carbonyl (C=O) groups is 1. The summed E-state index contributed by atoms with van der Waals surface area (Å²) in [4.78, 5) is 18.8. The maximum Gasteiger partial charge on any atom is 0.281 e. The van der Waals surface area contributed by atoms with Crippen LogP contribution in [-0.4, -0.2) is 61.6 Å². The molecule has 0 aliphatic carbocycles. The van der Waals surface area contributed by atoms with E-state index in [1.165, 1.54) is 34.0 Å². The van der Waals surface area contributed by atoms with Gasteiger partial charge in [0.05, 0.1) is 18.2 Å². The van der Waals surface area contributed by atoms with Crippen molar-refractivity contribution in [2.45, 2.75) is 19.4 Å².